The molecule has 2 aromatic rings. The van der Waals surface area contributed by atoms with Gasteiger partial charge in [-0.2, -0.15) is 0 Å². The van der Waals surface area contributed by atoms with E-state index in [-0.39, 0.29) is 43.9 Å². The topological polar surface area (TPSA) is 267 Å². The minimum absolute atomic E-state index is 0.0608. The van der Waals surface area contributed by atoms with Crippen LogP contribution in [-0.2, 0) is 32.0 Å². The molecule has 14 nitrogen and oxygen atoms in total. The Labute approximate surface area is 269 Å². The fourth-order valence-corrected chi connectivity index (χ4v) is 5.01. The standard InChI is InChI=1S/C32H49N9O5/c1-19-15-22(42)16-20(2)23(19)18-27(41-29(44)24(34)11-8-14-38-32(36)37)31(46)39-25(12-6-7-13-33)30(45)40-26(28(35)43)17-21-9-4-3-5-10-21/h3-5,9-10,15-16,24-27,42H,6-8,11-14,17-18,33-34H2,1-2H3,(H2,35,43)(H,39,46)(H,40,45)(H,41,44)(H4,36,37,38)/t24-,25+,26-,27-/m1/s1. The van der Waals surface area contributed by atoms with E-state index in [0.29, 0.717) is 36.9 Å². The highest BCUT2D eigenvalue weighted by Gasteiger charge is 2.30. The van der Waals surface area contributed by atoms with Gasteiger partial charge in [0.25, 0.3) is 0 Å². The summed E-state index contributed by atoms with van der Waals surface area (Å²) < 4.78 is 0. The fourth-order valence-electron chi connectivity index (χ4n) is 5.01. The van der Waals surface area contributed by atoms with Gasteiger partial charge < -0.3 is 49.7 Å². The van der Waals surface area contributed by atoms with Crippen LogP contribution >= 0.6 is 0 Å². The molecule has 14 N–H and O–H groups in total. The van der Waals surface area contributed by atoms with Crippen LogP contribution in [0.5, 0.6) is 5.75 Å². The number of carbonyl (C=O) groups is 4. The highest BCUT2D eigenvalue weighted by molar-refractivity contribution is 5.94. The van der Waals surface area contributed by atoms with Gasteiger partial charge in [-0.05, 0) is 86.9 Å². The summed E-state index contributed by atoms with van der Waals surface area (Å²) in [7, 11) is 0. The number of nitrogens with zero attached hydrogens (tertiary/aromatic N) is 1. The number of phenolic OH excluding ortho intramolecular Hbond substituents is 1. The molecule has 0 spiro atoms. The molecule has 0 aromatic heterocycles. The van der Waals surface area contributed by atoms with E-state index in [1.165, 1.54) is 0 Å². The number of aromatic hydroxyl groups is 1. The lowest BCUT2D eigenvalue weighted by atomic mass is 9.95. The summed E-state index contributed by atoms with van der Waals surface area (Å²) in [5, 5.41) is 18.2. The Bertz CT molecular complexity index is 1330. The van der Waals surface area contributed by atoms with E-state index >= 15 is 0 Å². The van der Waals surface area contributed by atoms with Gasteiger partial charge >= 0.3 is 0 Å². The van der Waals surface area contributed by atoms with Gasteiger partial charge in [-0.15, -0.1) is 0 Å². The van der Waals surface area contributed by atoms with Crippen LogP contribution in [-0.4, -0.2) is 72.0 Å². The van der Waals surface area contributed by atoms with Crippen LogP contribution in [0.2, 0.25) is 0 Å². The number of nitrogens with two attached hydrogens (primary N) is 5. The number of hydrogen-bond donors (Lipinski definition) is 9. The molecule has 46 heavy (non-hydrogen) atoms. The Balaban J connectivity index is 2.30. The van der Waals surface area contributed by atoms with E-state index in [0.717, 1.165) is 11.1 Å². The van der Waals surface area contributed by atoms with Gasteiger partial charge in [-0.1, -0.05) is 30.3 Å². The van der Waals surface area contributed by atoms with Gasteiger partial charge in [-0.25, -0.2) is 0 Å². The summed E-state index contributed by atoms with van der Waals surface area (Å²) in [6.07, 6.45) is 2.27. The molecule has 2 rings (SSSR count). The number of carbonyl (C=O) groups excluding carboxylic acids is 4. The molecule has 0 saturated carbocycles. The monoisotopic (exact) mass is 639 g/mol. The molecule has 0 unspecified atom stereocenters. The molecule has 4 atom stereocenters. The molecule has 4 amide bonds. The van der Waals surface area contributed by atoms with Crippen molar-refractivity contribution in [2.24, 2.45) is 33.7 Å². The summed E-state index contributed by atoms with van der Waals surface area (Å²) in [6, 6.07) is 8.07. The quantitative estimate of drug-likeness (QED) is 0.0530. The van der Waals surface area contributed by atoms with Gasteiger partial charge in [0.2, 0.25) is 23.6 Å². The lowest BCUT2D eigenvalue weighted by Gasteiger charge is -2.26. The van der Waals surface area contributed by atoms with Crippen molar-refractivity contribution in [1.82, 2.24) is 16.0 Å². The predicted octanol–water partition coefficient (Wildman–Crippen LogP) is -0.756. The molecule has 14 heteroatoms. The summed E-state index contributed by atoms with van der Waals surface area (Å²) in [5.74, 6) is -2.51. The zero-order chi connectivity index (χ0) is 34.2. The zero-order valence-corrected chi connectivity index (χ0v) is 26.6. The maximum atomic E-state index is 13.8. The van der Waals surface area contributed by atoms with E-state index in [1.807, 2.05) is 30.3 Å². The smallest absolute Gasteiger partial charge is 0.243 e. The van der Waals surface area contributed by atoms with Gasteiger partial charge in [-0.3, -0.25) is 24.2 Å². The van der Waals surface area contributed by atoms with Gasteiger partial charge in [0.15, 0.2) is 5.96 Å². The van der Waals surface area contributed by atoms with Crippen molar-refractivity contribution in [1.29, 1.82) is 0 Å². The first kappa shape index (κ1) is 37.5. The second kappa shape index (κ2) is 19.0. The minimum Gasteiger partial charge on any atom is -0.508 e. The third kappa shape index (κ3) is 12.7. The van der Waals surface area contributed by atoms with E-state index in [4.69, 9.17) is 28.7 Å². The number of nitrogens with one attached hydrogen (secondary N) is 3. The second-order valence-corrected chi connectivity index (χ2v) is 11.4. The first-order valence-corrected chi connectivity index (χ1v) is 15.4. The van der Waals surface area contributed by atoms with E-state index in [9.17, 15) is 24.3 Å². The molecule has 2 aromatic carbocycles. The van der Waals surface area contributed by atoms with Crippen molar-refractivity contribution in [2.45, 2.75) is 83.0 Å². The Morgan fingerprint density at radius 2 is 1.37 bits per heavy atom. The van der Waals surface area contributed by atoms with Crippen molar-refractivity contribution in [2.75, 3.05) is 13.1 Å². The predicted molar refractivity (Wildman–Crippen MR) is 177 cm³/mol. The van der Waals surface area contributed by atoms with Crippen LogP contribution in [0.1, 0.15) is 54.4 Å². The first-order valence-electron chi connectivity index (χ1n) is 15.4. The van der Waals surface area contributed by atoms with Crippen molar-refractivity contribution in [3.05, 3.63) is 64.7 Å². The molecule has 0 heterocycles. The number of aliphatic imine (C=N–C) groups is 1. The normalized spacial score (nSPS) is 13.5. The number of hydrogen-bond acceptors (Lipinski definition) is 8. The number of phenols is 1. The van der Waals surface area contributed by atoms with Crippen LogP contribution in [0.15, 0.2) is 47.5 Å². The fraction of sp³-hybridized carbons (Fsp3) is 0.469. The molecular weight excluding hydrogens is 590 g/mol. The maximum Gasteiger partial charge on any atom is 0.243 e. The van der Waals surface area contributed by atoms with Crippen molar-refractivity contribution in [3.63, 3.8) is 0 Å². The third-order valence-electron chi connectivity index (χ3n) is 7.55. The third-order valence-corrected chi connectivity index (χ3v) is 7.55. The van der Waals surface area contributed by atoms with Crippen molar-refractivity contribution in [3.8, 4) is 5.75 Å². The highest BCUT2D eigenvalue weighted by atomic mass is 16.3. The van der Waals surface area contributed by atoms with Crippen molar-refractivity contribution >= 4 is 29.6 Å². The number of guanidine groups is 1. The molecule has 252 valence electrons. The average Bonchev–Trinajstić information content (AvgIpc) is 2.99. The largest absolute Gasteiger partial charge is 0.508 e. The maximum absolute atomic E-state index is 13.8. The molecule has 0 bridgehead atoms. The van der Waals surface area contributed by atoms with Crippen molar-refractivity contribution < 1.29 is 24.3 Å². The van der Waals surface area contributed by atoms with Crippen LogP contribution in [0.3, 0.4) is 0 Å². The van der Waals surface area contributed by atoms with Gasteiger partial charge in [0.05, 0.1) is 6.04 Å². The van der Waals surface area contributed by atoms with Crippen LogP contribution < -0.4 is 44.6 Å². The van der Waals surface area contributed by atoms with Crippen LogP contribution in [0.4, 0.5) is 0 Å². The SMILES string of the molecule is Cc1cc(O)cc(C)c1C[C@@H](NC(=O)[C@H](N)CCCN=C(N)N)C(=O)N[C@@H](CCCCN)C(=O)N[C@H](Cc1ccccc1)C(N)=O. The lowest BCUT2D eigenvalue weighted by molar-refractivity contribution is -0.133. The van der Waals surface area contributed by atoms with Gasteiger partial charge in [0.1, 0.15) is 23.9 Å². The number of benzene rings is 2. The molecule has 0 saturated heterocycles. The number of aryl methyl sites for hydroxylation is 2. The first-order chi connectivity index (χ1) is 21.8. The summed E-state index contributed by atoms with van der Waals surface area (Å²) in [4.78, 5) is 56.6. The number of unbranched alkanes of at least 4 members (excludes halogenated alkanes) is 1. The lowest BCUT2D eigenvalue weighted by Crippen LogP contribution is -2.58. The molecular formula is C32H49N9O5. The average molecular weight is 640 g/mol. The molecule has 0 radical (unpaired) electrons. The zero-order valence-electron chi connectivity index (χ0n) is 26.6. The highest BCUT2D eigenvalue weighted by Crippen LogP contribution is 2.22. The summed E-state index contributed by atoms with van der Waals surface area (Å²) in [6.45, 7) is 4.25. The summed E-state index contributed by atoms with van der Waals surface area (Å²) >= 11 is 0. The Morgan fingerprint density at radius 1 is 0.783 bits per heavy atom. The molecule has 0 aliphatic rings. The van der Waals surface area contributed by atoms with Gasteiger partial charge in [0, 0.05) is 19.4 Å². The Hall–Kier alpha value is -4.69. The Kier molecular flexibility index (Phi) is 15.5. The second-order valence-electron chi connectivity index (χ2n) is 11.4. The number of amides is 4. The molecule has 0 aliphatic carbocycles. The molecule has 0 aliphatic heterocycles. The van der Waals surface area contributed by atoms with Crippen LogP contribution in [0, 0.1) is 13.8 Å². The van der Waals surface area contributed by atoms with E-state index < -0.39 is 47.8 Å². The van der Waals surface area contributed by atoms with Crippen LogP contribution in [0.25, 0.3) is 0 Å². The van der Waals surface area contributed by atoms with E-state index in [2.05, 4.69) is 20.9 Å². The number of primary amides is 1. The van der Waals surface area contributed by atoms with E-state index in [1.54, 1.807) is 26.0 Å². The Morgan fingerprint density at radius 3 is 1.96 bits per heavy atom. The molecule has 0 fully saturated rings. The summed E-state index contributed by atoms with van der Waals surface area (Å²) in [5.41, 5.74) is 31.1. The number of rotatable bonds is 19. The minimum atomic E-state index is -1.13.